The topological polar surface area (TPSA) is 106 Å². The number of para-hydroxylation sites is 1. The molecule has 2 N–H and O–H groups in total. The number of halogens is 1. The molecule has 2 amide bonds. The Morgan fingerprint density at radius 3 is 2.40 bits per heavy atom. The van der Waals surface area contributed by atoms with E-state index in [1.54, 1.807) is 33.8 Å². The number of nitrogens with one attached hydrogen (secondary N) is 2. The highest BCUT2D eigenvalue weighted by Crippen LogP contribution is 2.25. The van der Waals surface area contributed by atoms with Crippen LogP contribution in [0.15, 0.2) is 47.9 Å². The molecular weight excluding hydrogens is 397 g/mol. The Balaban J connectivity index is 2.37. The third-order valence-electron chi connectivity index (χ3n) is 3.64. The van der Waals surface area contributed by atoms with Crippen LogP contribution in [0.1, 0.15) is 27.7 Å². The molecule has 30 heavy (non-hydrogen) atoms. The summed E-state index contributed by atoms with van der Waals surface area (Å²) >= 11 is 0. The number of hydrogen-bond donors (Lipinski definition) is 2. The van der Waals surface area contributed by atoms with E-state index in [0.29, 0.717) is 0 Å². The van der Waals surface area contributed by atoms with Crippen LogP contribution in [0.2, 0.25) is 0 Å². The van der Waals surface area contributed by atoms with Gasteiger partial charge in [-0.15, -0.1) is 0 Å². The van der Waals surface area contributed by atoms with Gasteiger partial charge in [0.05, 0.1) is 30.1 Å². The third-order valence-corrected chi connectivity index (χ3v) is 3.64. The first-order valence-electron chi connectivity index (χ1n) is 9.21. The van der Waals surface area contributed by atoms with Gasteiger partial charge in [0, 0.05) is 0 Å². The minimum absolute atomic E-state index is 0.0555. The van der Waals surface area contributed by atoms with Crippen molar-refractivity contribution in [1.82, 2.24) is 10.3 Å². The Hall–Kier alpha value is -3.56. The maximum atomic E-state index is 14.1. The highest BCUT2D eigenvalue weighted by atomic mass is 19.1. The average Bonchev–Trinajstić information content (AvgIpc) is 2.99. The molecule has 0 radical (unpaired) electrons. The Morgan fingerprint density at radius 1 is 1.17 bits per heavy atom. The van der Waals surface area contributed by atoms with E-state index in [1.807, 2.05) is 0 Å². The van der Waals surface area contributed by atoms with Crippen molar-refractivity contribution < 1.29 is 33.0 Å². The molecule has 0 aliphatic carbocycles. The third kappa shape index (κ3) is 5.72. The molecule has 1 aliphatic heterocycles. The predicted octanol–water partition coefficient (Wildman–Crippen LogP) is 3.46. The smallest absolute Gasteiger partial charge is 0.445 e. The molecule has 9 nitrogen and oxygen atoms in total. The van der Waals surface area contributed by atoms with E-state index in [9.17, 15) is 18.8 Å². The number of anilines is 1. The van der Waals surface area contributed by atoms with Crippen LogP contribution in [0.5, 0.6) is 0 Å². The molecule has 0 spiro atoms. The average molecular weight is 421 g/mol. The van der Waals surface area contributed by atoms with Crippen molar-refractivity contribution >= 4 is 23.8 Å². The van der Waals surface area contributed by atoms with Gasteiger partial charge in [0.1, 0.15) is 17.1 Å². The van der Waals surface area contributed by atoms with Gasteiger partial charge in [-0.25, -0.2) is 14.0 Å². The molecular formula is C20H24FN3O6. The van der Waals surface area contributed by atoms with Crippen LogP contribution >= 0.6 is 0 Å². The number of hydrogen-bond acceptors (Lipinski definition) is 7. The summed E-state index contributed by atoms with van der Waals surface area (Å²) in [6.07, 6.45) is -2.89. The van der Waals surface area contributed by atoms with Crippen molar-refractivity contribution in [2.24, 2.45) is 0 Å². The fourth-order valence-electron chi connectivity index (χ4n) is 2.42. The molecule has 10 heteroatoms. The summed E-state index contributed by atoms with van der Waals surface area (Å²) in [5.41, 5.74) is 2.12. The number of carbonyl (C=O) groups excluding carboxylic acids is 3. The number of benzene rings is 1. The van der Waals surface area contributed by atoms with Gasteiger partial charge in [0.25, 0.3) is 5.91 Å². The summed E-state index contributed by atoms with van der Waals surface area (Å²) in [5, 5.41) is 3.26. The van der Waals surface area contributed by atoms with Gasteiger partial charge < -0.3 is 19.5 Å². The first-order chi connectivity index (χ1) is 14.1. The lowest BCUT2D eigenvalue weighted by Gasteiger charge is -2.26. The van der Waals surface area contributed by atoms with Crippen molar-refractivity contribution in [3.05, 3.63) is 53.7 Å². The van der Waals surface area contributed by atoms with Gasteiger partial charge in [-0.1, -0.05) is 18.7 Å². The predicted molar refractivity (Wildman–Crippen MR) is 105 cm³/mol. The van der Waals surface area contributed by atoms with Crippen molar-refractivity contribution in [2.75, 3.05) is 12.0 Å². The second-order valence-electron chi connectivity index (χ2n) is 6.81. The lowest BCUT2D eigenvalue weighted by atomic mass is 10.2. The van der Waals surface area contributed by atoms with Crippen molar-refractivity contribution in [2.45, 2.75) is 39.9 Å². The van der Waals surface area contributed by atoms with Crippen molar-refractivity contribution in [1.29, 1.82) is 0 Å². The van der Waals surface area contributed by atoms with E-state index in [2.05, 4.69) is 17.3 Å². The van der Waals surface area contributed by atoms with Gasteiger partial charge in [-0.3, -0.25) is 10.2 Å². The fraction of sp³-hybridized carbons (Fsp3) is 0.350. The quantitative estimate of drug-likeness (QED) is 0.513. The molecule has 0 aromatic heterocycles. The summed E-state index contributed by atoms with van der Waals surface area (Å²) in [4.78, 5) is 36.8. The van der Waals surface area contributed by atoms with E-state index >= 15 is 0 Å². The standard InChI is InChI=1S/C20H24FN3O6/c1-11(2)28-19(26)24(23-15-9-7-6-8-14(15)21)13(5)17-16(10-22-18(17)25)30-20(27)29-12(3)4/h6-9,11-12,23H,5,10H2,1-4H3,(H,22,25). The second-order valence-corrected chi connectivity index (χ2v) is 6.81. The highest BCUT2D eigenvalue weighted by Gasteiger charge is 2.34. The summed E-state index contributed by atoms with van der Waals surface area (Å²) in [6.45, 7) is 10.2. The molecule has 0 unspecified atom stereocenters. The minimum Gasteiger partial charge on any atom is -0.445 e. The molecule has 0 saturated heterocycles. The van der Waals surface area contributed by atoms with Crippen molar-refractivity contribution in [3.63, 3.8) is 0 Å². The van der Waals surface area contributed by atoms with Gasteiger partial charge in [0.15, 0.2) is 0 Å². The molecule has 1 aromatic rings. The van der Waals surface area contributed by atoms with E-state index in [4.69, 9.17) is 14.2 Å². The van der Waals surface area contributed by atoms with Crippen LogP contribution in [-0.4, -0.2) is 41.9 Å². The summed E-state index contributed by atoms with van der Waals surface area (Å²) in [5.74, 6) is -1.37. The second kappa shape index (κ2) is 9.77. The lowest BCUT2D eigenvalue weighted by Crippen LogP contribution is -2.39. The Morgan fingerprint density at radius 2 is 1.80 bits per heavy atom. The van der Waals surface area contributed by atoms with Gasteiger partial charge in [-0.2, -0.15) is 5.01 Å². The van der Waals surface area contributed by atoms with Crippen LogP contribution in [0.4, 0.5) is 19.7 Å². The highest BCUT2D eigenvalue weighted by molar-refractivity contribution is 6.01. The molecule has 0 atom stereocenters. The Kier molecular flexibility index (Phi) is 7.40. The summed E-state index contributed by atoms with van der Waals surface area (Å²) < 4.78 is 29.3. The monoisotopic (exact) mass is 421 g/mol. The Bertz CT molecular complexity index is 881. The number of ether oxygens (including phenoxy) is 3. The van der Waals surface area contributed by atoms with Crippen LogP contribution in [-0.2, 0) is 19.0 Å². The first-order valence-corrected chi connectivity index (χ1v) is 9.21. The normalized spacial score (nSPS) is 13.2. The fourth-order valence-corrected chi connectivity index (χ4v) is 2.42. The van der Waals surface area contributed by atoms with Gasteiger partial charge >= 0.3 is 12.2 Å². The van der Waals surface area contributed by atoms with Crippen LogP contribution in [0.25, 0.3) is 0 Å². The lowest BCUT2D eigenvalue weighted by molar-refractivity contribution is -0.116. The van der Waals surface area contributed by atoms with Crippen LogP contribution in [0.3, 0.4) is 0 Å². The van der Waals surface area contributed by atoms with E-state index in [0.717, 1.165) is 5.01 Å². The molecule has 0 fully saturated rings. The molecule has 1 heterocycles. The van der Waals surface area contributed by atoms with E-state index in [-0.39, 0.29) is 29.3 Å². The largest absolute Gasteiger partial charge is 0.513 e. The summed E-state index contributed by atoms with van der Waals surface area (Å²) in [7, 11) is 0. The molecule has 162 valence electrons. The first kappa shape index (κ1) is 22.7. The molecule has 2 rings (SSSR count). The maximum absolute atomic E-state index is 14.1. The maximum Gasteiger partial charge on any atom is 0.513 e. The number of nitrogens with zero attached hydrogens (tertiary/aromatic N) is 1. The molecule has 1 aliphatic rings. The zero-order valence-electron chi connectivity index (χ0n) is 17.2. The van der Waals surface area contributed by atoms with E-state index in [1.165, 1.54) is 18.2 Å². The summed E-state index contributed by atoms with van der Waals surface area (Å²) in [6, 6.07) is 5.61. The van der Waals surface area contributed by atoms with Gasteiger partial charge in [-0.05, 0) is 39.8 Å². The minimum atomic E-state index is -1.01. The van der Waals surface area contributed by atoms with Crippen LogP contribution in [0, 0.1) is 5.82 Å². The SMILES string of the molecule is C=C(C1=C(OC(=O)OC(C)C)CNC1=O)N(Nc1ccccc1F)C(=O)OC(C)C. The Labute approximate surface area is 173 Å². The zero-order valence-corrected chi connectivity index (χ0v) is 17.2. The van der Waals surface area contributed by atoms with E-state index < -0.39 is 36.2 Å². The number of amides is 2. The molecule has 0 bridgehead atoms. The number of rotatable bonds is 7. The molecule has 1 aromatic carbocycles. The number of carbonyl (C=O) groups is 3. The zero-order chi connectivity index (χ0) is 22.4. The van der Waals surface area contributed by atoms with Crippen LogP contribution < -0.4 is 10.7 Å². The van der Waals surface area contributed by atoms with Gasteiger partial charge in [0.2, 0.25) is 0 Å². The molecule has 0 saturated carbocycles. The van der Waals surface area contributed by atoms with Crippen molar-refractivity contribution in [3.8, 4) is 0 Å². The number of hydrazine groups is 1.